The number of nitroso groups, excluding NO2 is 1. The molecule has 8 nitrogen and oxygen atoms in total. The molecule has 2 bridgehead atoms. The van der Waals surface area contributed by atoms with Crippen molar-refractivity contribution in [2.24, 2.45) is 16.1 Å². The van der Waals surface area contributed by atoms with Gasteiger partial charge in [0, 0.05) is 30.4 Å². The Morgan fingerprint density at radius 3 is 2.78 bits per heavy atom. The standard InChI is InChI=1S/C19H20N6O2/c26-24-16-2-1-14(10-21-16)13-3-6-20-17(9-13)23-18-22-11-19(27-18)12-25-7-4-15(19)5-8-25/h1-3,6,9-10,15H,4-5,7-8,11-12H2,(H,20,22,23)/t19-/m0/s1. The fraction of sp³-hybridized carbons (Fsp3) is 0.421. The van der Waals surface area contributed by atoms with Gasteiger partial charge in [-0.25, -0.2) is 15.0 Å². The van der Waals surface area contributed by atoms with Gasteiger partial charge in [-0.05, 0) is 60.9 Å². The smallest absolute Gasteiger partial charge is 0.291 e. The molecule has 27 heavy (non-hydrogen) atoms. The Bertz CT molecular complexity index is 891. The van der Waals surface area contributed by atoms with Gasteiger partial charge in [-0.15, -0.1) is 4.91 Å². The quantitative estimate of drug-likeness (QED) is 0.842. The maximum atomic E-state index is 10.5. The zero-order valence-corrected chi connectivity index (χ0v) is 14.8. The Labute approximate surface area is 156 Å². The van der Waals surface area contributed by atoms with Crippen molar-refractivity contribution in [1.29, 1.82) is 0 Å². The Morgan fingerprint density at radius 1 is 1.19 bits per heavy atom. The van der Waals surface area contributed by atoms with Crippen LogP contribution in [-0.2, 0) is 4.74 Å². The van der Waals surface area contributed by atoms with Crippen molar-refractivity contribution in [1.82, 2.24) is 14.9 Å². The Kier molecular flexibility index (Phi) is 3.86. The summed E-state index contributed by atoms with van der Waals surface area (Å²) < 4.78 is 6.30. The molecule has 2 aromatic heterocycles. The van der Waals surface area contributed by atoms with Crippen LogP contribution in [0, 0.1) is 10.8 Å². The Hall–Kier alpha value is -2.87. The highest BCUT2D eigenvalue weighted by molar-refractivity contribution is 5.90. The second kappa shape index (κ2) is 6.38. The van der Waals surface area contributed by atoms with E-state index in [1.807, 2.05) is 18.2 Å². The minimum Gasteiger partial charge on any atom is -0.455 e. The Morgan fingerprint density at radius 2 is 2.07 bits per heavy atom. The van der Waals surface area contributed by atoms with Crippen LogP contribution >= 0.6 is 0 Å². The van der Waals surface area contributed by atoms with Gasteiger partial charge in [0.15, 0.2) is 5.82 Å². The molecular formula is C19H20N6O2. The summed E-state index contributed by atoms with van der Waals surface area (Å²) in [4.78, 5) is 26.0. The number of fused-ring (bicyclic) bond motifs is 2. The molecule has 4 aliphatic rings. The normalized spacial score (nSPS) is 28.7. The third kappa shape index (κ3) is 2.95. The number of rotatable bonds is 3. The summed E-state index contributed by atoms with van der Waals surface area (Å²) in [5.41, 5.74) is 1.66. The van der Waals surface area contributed by atoms with E-state index in [0.717, 1.165) is 17.7 Å². The number of hydrogen-bond donors (Lipinski definition) is 1. The molecule has 1 atom stereocenters. The van der Waals surface area contributed by atoms with Crippen LogP contribution < -0.4 is 5.32 Å². The number of amidine groups is 1. The molecule has 3 fully saturated rings. The van der Waals surface area contributed by atoms with E-state index in [2.05, 4.69) is 30.4 Å². The van der Waals surface area contributed by atoms with E-state index in [-0.39, 0.29) is 11.4 Å². The molecule has 3 saturated heterocycles. The van der Waals surface area contributed by atoms with Crippen molar-refractivity contribution in [3.8, 4) is 11.1 Å². The summed E-state index contributed by atoms with van der Waals surface area (Å²) in [6.45, 7) is 4.02. The van der Waals surface area contributed by atoms with Gasteiger partial charge in [0.05, 0.1) is 6.54 Å². The van der Waals surface area contributed by atoms with Crippen molar-refractivity contribution >= 4 is 17.7 Å². The predicted octanol–water partition coefficient (Wildman–Crippen LogP) is 2.80. The molecule has 1 spiro atoms. The lowest BCUT2D eigenvalue weighted by atomic mass is 9.75. The molecule has 4 aliphatic heterocycles. The van der Waals surface area contributed by atoms with Crippen molar-refractivity contribution in [3.05, 3.63) is 41.6 Å². The third-order valence-corrected chi connectivity index (χ3v) is 5.78. The van der Waals surface area contributed by atoms with Crippen molar-refractivity contribution in [3.63, 3.8) is 0 Å². The highest BCUT2D eigenvalue weighted by Crippen LogP contribution is 2.40. The summed E-state index contributed by atoms with van der Waals surface area (Å²) in [6, 6.07) is 7.76. The lowest BCUT2D eigenvalue weighted by molar-refractivity contribution is -0.0829. The lowest BCUT2D eigenvalue weighted by Gasteiger charge is -2.50. The minimum absolute atomic E-state index is 0.169. The van der Waals surface area contributed by atoms with E-state index in [9.17, 15) is 4.91 Å². The summed E-state index contributed by atoms with van der Waals surface area (Å²) in [7, 11) is 0. The lowest BCUT2D eigenvalue weighted by Crippen LogP contribution is -2.61. The van der Waals surface area contributed by atoms with E-state index in [1.54, 1.807) is 18.5 Å². The summed E-state index contributed by atoms with van der Waals surface area (Å²) in [5.74, 6) is 1.42. The van der Waals surface area contributed by atoms with Crippen molar-refractivity contribution < 1.29 is 4.74 Å². The third-order valence-electron chi connectivity index (χ3n) is 5.78. The van der Waals surface area contributed by atoms with Crippen LogP contribution in [0.2, 0.25) is 0 Å². The molecule has 138 valence electrons. The number of hydrogen-bond acceptors (Lipinski definition) is 8. The first-order valence-corrected chi connectivity index (χ1v) is 9.23. The first-order valence-electron chi connectivity index (χ1n) is 9.23. The highest BCUT2D eigenvalue weighted by atomic mass is 16.5. The fourth-order valence-corrected chi connectivity index (χ4v) is 4.35. The number of pyridine rings is 2. The number of nitrogens with zero attached hydrogens (tertiary/aromatic N) is 5. The van der Waals surface area contributed by atoms with E-state index in [4.69, 9.17) is 4.74 Å². The Balaban J connectivity index is 1.31. The van der Waals surface area contributed by atoms with E-state index >= 15 is 0 Å². The first kappa shape index (κ1) is 16.3. The maximum absolute atomic E-state index is 10.5. The zero-order chi connectivity index (χ0) is 18.3. The topological polar surface area (TPSA) is 92.1 Å². The van der Waals surface area contributed by atoms with E-state index in [1.165, 1.54) is 25.9 Å². The van der Waals surface area contributed by atoms with Crippen LogP contribution in [0.1, 0.15) is 12.8 Å². The SMILES string of the molecule is O=Nc1ccc(-c2ccnc(NC3=NC[C@@]4(CN5CCC4CC5)O3)c2)cn1. The molecule has 0 radical (unpaired) electrons. The minimum atomic E-state index is -0.169. The monoisotopic (exact) mass is 364 g/mol. The molecule has 8 heteroatoms. The number of ether oxygens (including phenoxy) is 1. The van der Waals surface area contributed by atoms with Crippen LogP contribution in [0.4, 0.5) is 11.6 Å². The summed E-state index contributed by atoms with van der Waals surface area (Å²) >= 11 is 0. The summed E-state index contributed by atoms with van der Waals surface area (Å²) in [6.07, 6.45) is 5.73. The van der Waals surface area contributed by atoms with Gasteiger partial charge in [-0.2, -0.15) is 0 Å². The van der Waals surface area contributed by atoms with Gasteiger partial charge in [-0.3, -0.25) is 10.2 Å². The maximum Gasteiger partial charge on any atom is 0.291 e. The highest BCUT2D eigenvalue weighted by Gasteiger charge is 2.51. The van der Waals surface area contributed by atoms with Crippen LogP contribution in [0.25, 0.3) is 11.1 Å². The molecule has 2 aromatic rings. The number of anilines is 1. The van der Waals surface area contributed by atoms with Gasteiger partial charge < -0.3 is 4.74 Å². The van der Waals surface area contributed by atoms with Gasteiger partial charge >= 0.3 is 0 Å². The molecule has 0 saturated carbocycles. The van der Waals surface area contributed by atoms with Crippen LogP contribution in [0.5, 0.6) is 0 Å². The van der Waals surface area contributed by atoms with Gasteiger partial charge in [0.1, 0.15) is 11.4 Å². The van der Waals surface area contributed by atoms with Gasteiger partial charge in [0.25, 0.3) is 6.02 Å². The van der Waals surface area contributed by atoms with E-state index in [0.29, 0.717) is 24.3 Å². The molecule has 0 aromatic carbocycles. The van der Waals surface area contributed by atoms with Gasteiger partial charge in [-0.1, -0.05) is 0 Å². The average molecular weight is 364 g/mol. The number of aliphatic imine (C=N–C) groups is 1. The second-order valence-electron chi connectivity index (χ2n) is 7.39. The molecule has 0 unspecified atom stereocenters. The van der Waals surface area contributed by atoms with Crippen molar-refractivity contribution in [2.45, 2.75) is 18.4 Å². The van der Waals surface area contributed by atoms with Crippen LogP contribution in [0.15, 0.2) is 46.8 Å². The summed E-state index contributed by atoms with van der Waals surface area (Å²) in [5, 5.41) is 6.04. The second-order valence-corrected chi connectivity index (χ2v) is 7.39. The van der Waals surface area contributed by atoms with Crippen LogP contribution in [0.3, 0.4) is 0 Å². The largest absolute Gasteiger partial charge is 0.455 e. The zero-order valence-electron chi connectivity index (χ0n) is 14.8. The predicted molar refractivity (Wildman–Crippen MR) is 102 cm³/mol. The molecule has 6 rings (SSSR count). The van der Waals surface area contributed by atoms with Gasteiger partial charge in [0.2, 0.25) is 0 Å². The number of piperidine rings is 3. The molecule has 0 aliphatic carbocycles. The van der Waals surface area contributed by atoms with Crippen molar-refractivity contribution in [2.75, 3.05) is 31.5 Å². The molecule has 6 heterocycles. The molecular weight excluding hydrogens is 344 g/mol. The van der Waals surface area contributed by atoms with Crippen LogP contribution in [-0.4, -0.2) is 52.7 Å². The van der Waals surface area contributed by atoms with E-state index < -0.39 is 0 Å². The fourth-order valence-electron chi connectivity index (χ4n) is 4.35. The molecule has 0 amide bonds. The average Bonchev–Trinajstić information content (AvgIpc) is 3.11. The first-order chi connectivity index (χ1) is 13.2. The number of nitrogens with one attached hydrogen (secondary N) is 1. The molecule has 1 N–H and O–H groups in total. The number of aromatic nitrogens is 2.